The molecule has 0 aliphatic heterocycles. The number of carboxylic acid groups (broad SMARTS) is 1. The number of rotatable bonds is 6. The van der Waals surface area contributed by atoms with Crippen LogP contribution in [-0.4, -0.2) is 47.5 Å². The third-order valence-electron chi connectivity index (χ3n) is 1.99. The van der Waals surface area contributed by atoms with Gasteiger partial charge in [0.05, 0.1) is 6.42 Å². The van der Waals surface area contributed by atoms with Crippen molar-refractivity contribution in [2.24, 2.45) is 11.7 Å². The number of primary amides is 1. The van der Waals surface area contributed by atoms with Crippen LogP contribution in [0.1, 0.15) is 20.3 Å². The van der Waals surface area contributed by atoms with Crippen LogP contribution < -0.4 is 11.1 Å². The fourth-order valence-electron chi connectivity index (χ4n) is 1.29. The number of carboxylic acids is 1. The van der Waals surface area contributed by atoms with Crippen molar-refractivity contribution in [2.45, 2.75) is 26.3 Å². The molecule has 0 bridgehead atoms. The molecule has 0 unspecified atom stereocenters. The summed E-state index contributed by atoms with van der Waals surface area (Å²) in [5.74, 6) is -1.79. The molecule has 7 heteroatoms. The average molecular weight is 245 g/mol. The van der Waals surface area contributed by atoms with Crippen LogP contribution in [0.25, 0.3) is 0 Å². The molecular weight excluding hydrogens is 226 g/mol. The number of nitrogens with two attached hydrogens (primary N) is 1. The van der Waals surface area contributed by atoms with Gasteiger partial charge in [0.15, 0.2) is 0 Å². The summed E-state index contributed by atoms with van der Waals surface area (Å²) in [7, 11) is 1.55. The average Bonchev–Trinajstić information content (AvgIpc) is 2.14. The first-order valence-corrected chi connectivity index (χ1v) is 5.26. The van der Waals surface area contributed by atoms with Crippen LogP contribution in [0.5, 0.6) is 0 Å². The Labute approximate surface area is 100.0 Å². The zero-order valence-corrected chi connectivity index (χ0v) is 10.3. The van der Waals surface area contributed by atoms with Gasteiger partial charge >= 0.3 is 12.0 Å². The Bertz CT molecular complexity index is 304. The van der Waals surface area contributed by atoms with Gasteiger partial charge in [0.1, 0.15) is 6.04 Å². The SMILES string of the molecule is CC(C)CN(C)C(=O)N[C@@H](CC(N)=O)C(=O)O. The van der Waals surface area contributed by atoms with Crippen molar-refractivity contribution in [1.82, 2.24) is 10.2 Å². The minimum atomic E-state index is -1.28. The quantitative estimate of drug-likeness (QED) is 0.591. The zero-order chi connectivity index (χ0) is 13.6. The van der Waals surface area contributed by atoms with Crippen LogP contribution in [0.3, 0.4) is 0 Å². The molecule has 0 fully saturated rings. The van der Waals surface area contributed by atoms with E-state index in [0.717, 1.165) is 0 Å². The Kier molecular flexibility index (Phi) is 6.01. The van der Waals surface area contributed by atoms with E-state index in [2.05, 4.69) is 5.32 Å². The van der Waals surface area contributed by atoms with Crippen LogP contribution in [0, 0.1) is 5.92 Å². The van der Waals surface area contributed by atoms with Gasteiger partial charge in [-0.3, -0.25) is 4.79 Å². The van der Waals surface area contributed by atoms with Crippen molar-refractivity contribution in [2.75, 3.05) is 13.6 Å². The molecule has 0 aromatic heterocycles. The van der Waals surface area contributed by atoms with E-state index in [4.69, 9.17) is 10.8 Å². The lowest BCUT2D eigenvalue weighted by Crippen LogP contribution is -2.48. The van der Waals surface area contributed by atoms with E-state index < -0.39 is 30.4 Å². The highest BCUT2D eigenvalue weighted by molar-refractivity contribution is 5.87. The van der Waals surface area contributed by atoms with E-state index in [0.29, 0.717) is 6.54 Å². The molecule has 0 spiro atoms. The molecule has 0 aromatic carbocycles. The number of hydrogen-bond donors (Lipinski definition) is 3. The van der Waals surface area contributed by atoms with Crippen LogP contribution in [0.4, 0.5) is 4.79 Å². The van der Waals surface area contributed by atoms with Crippen LogP contribution in [0.15, 0.2) is 0 Å². The summed E-state index contributed by atoms with van der Waals surface area (Å²) in [5.41, 5.74) is 4.90. The van der Waals surface area contributed by atoms with Gasteiger partial charge in [0, 0.05) is 13.6 Å². The molecule has 3 amide bonds. The van der Waals surface area contributed by atoms with Crippen molar-refractivity contribution < 1.29 is 19.5 Å². The molecular formula is C10H19N3O4. The van der Waals surface area contributed by atoms with Gasteiger partial charge in [-0.2, -0.15) is 0 Å². The summed E-state index contributed by atoms with van der Waals surface area (Å²) in [6.45, 7) is 4.36. The summed E-state index contributed by atoms with van der Waals surface area (Å²) >= 11 is 0. The second-order valence-corrected chi connectivity index (χ2v) is 4.29. The smallest absolute Gasteiger partial charge is 0.326 e. The fourth-order valence-corrected chi connectivity index (χ4v) is 1.29. The van der Waals surface area contributed by atoms with E-state index in [1.54, 1.807) is 7.05 Å². The van der Waals surface area contributed by atoms with Gasteiger partial charge in [-0.15, -0.1) is 0 Å². The van der Waals surface area contributed by atoms with E-state index in [9.17, 15) is 14.4 Å². The number of carbonyl (C=O) groups excluding carboxylic acids is 2. The maximum atomic E-state index is 11.6. The predicted octanol–water partition coefficient (Wildman–Crippen LogP) is -0.388. The Morgan fingerprint density at radius 3 is 2.24 bits per heavy atom. The predicted molar refractivity (Wildman–Crippen MR) is 61.2 cm³/mol. The lowest BCUT2D eigenvalue weighted by molar-refractivity contribution is -0.140. The third kappa shape index (κ3) is 6.39. The molecule has 0 rings (SSSR count). The number of hydrogen-bond acceptors (Lipinski definition) is 3. The van der Waals surface area contributed by atoms with Crippen molar-refractivity contribution >= 4 is 17.9 Å². The summed E-state index contributed by atoms with van der Waals surface area (Å²) < 4.78 is 0. The normalized spacial score (nSPS) is 12.0. The summed E-state index contributed by atoms with van der Waals surface area (Å²) in [5, 5.41) is 11.0. The van der Waals surface area contributed by atoms with Gasteiger partial charge in [-0.25, -0.2) is 9.59 Å². The van der Waals surface area contributed by atoms with Crippen molar-refractivity contribution in [3.63, 3.8) is 0 Å². The molecule has 0 saturated heterocycles. The minimum Gasteiger partial charge on any atom is -0.480 e. The van der Waals surface area contributed by atoms with Crippen LogP contribution in [0.2, 0.25) is 0 Å². The maximum absolute atomic E-state index is 11.6. The third-order valence-corrected chi connectivity index (χ3v) is 1.99. The number of aliphatic carboxylic acids is 1. The molecule has 0 aliphatic rings. The molecule has 0 saturated carbocycles. The van der Waals surface area contributed by atoms with E-state index in [-0.39, 0.29) is 5.92 Å². The second kappa shape index (κ2) is 6.72. The van der Waals surface area contributed by atoms with Crippen molar-refractivity contribution in [3.05, 3.63) is 0 Å². The molecule has 98 valence electrons. The molecule has 0 heterocycles. The molecule has 4 N–H and O–H groups in total. The van der Waals surface area contributed by atoms with Gasteiger partial charge in [0.25, 0.3) is 0 Å². The molecule has 0 aliphatic carbocycles. The Morgan fingerprint density at radius 2 is 1.88 bits per heavy atom. The standard InChI is InChI=1S/C10H19N3O4/c1-6(2)5-13(3)10(17)12-7(9(15)16)4-8(11)14/h6-7H,4-5H2,1-3H3,(H2,11,14)(H,12,17)(H,15,16)/t7-/m0/s1. The zero-order valence-electron chi connectivity index (χ0n) is 10.3. The number of nitrogens with zero attached hydrogens (tertiary/aromatic N) is 1. The molecule has 7 nitrogen and oxygen atoms in total. The minimum absolute atomic E-state index is 0.269. The lowest BCUT2D eigenvalue weighted by Gasteiger charge is -2.22. The van der Waals surface area contributed by atoms with Crippen molar-refractivity contribution in [3.8, 4) is 0 Å². The Hall–Kier alpha value is -1.79. The second-order valence-electron chi connectivity index (χ2n) is 4.29. The first-order valence-electron chi connectivity index (χ1n) is 5.26. The van der Waals surface area contributed by atoms with E-state index >= 15 is 0 Å². The number of carbonyl (C=O) groups is 3. The van der Waals surface area contributed by atoms with Crippen LogP contribution >= 0.6 is 0 Å². The van der Waals surface area contributed by atoms with E-state index in [1.807, 2.05) is 13.8 Å². The molecule has 0 radical (unpaired) electrons. The largest absolute Gasteiger partial charge is 0.480 e. The highest BCUT2D eigenvalue weighted by atomic mass is 16.4. The van der Waals surface area contributed by atoms with Gasteiger partial charge in [0.2, 0.25) is 5.91 Å². The first kappa shape index (κ1) is 15.2. The number of nitrogens with one attached hydrogen (secondary N) is 1. The van der Waals surface area contributed by atoms with Crippen LogP contribution in [-0.2, 0) is 9.59 Å². The maximum Gasteiger partial charge on any atom is 0.326 e. The monoisotopic (exact) mass is 245 g/mol. The lowest BCUT2D eigenvalue weighted by atomic mass is 10.2. The number of amides is 3. The number of urea groups is 1. The fraction of sp³-hybridized carbons (Fsp3) is 0.700. The van der Waals surface area contributed by atoms with E-state index in [1.165, 1.54) is 4.90 Å². The Balaban J connectivity index is 4.39. The van der Waals surface area contributed by atoms with Crippen molar-refractivity contribution in [1.29, 1.82) is 0 Å². The van der Waals surface area contributed by atoms with Gasteiger partial charge in [-0.1, -0.05) is 13.8 Å². The highest BCUT2D eigenvalue weighted by Gasteiger charge is 2.23. The topological polar surface area (TPSA) is 113 Å². The molecule has 1 atom stereocenters. The highest BCUT2D eigenvalue weighted by Crippen LogP contribution is 1.98. The molecule has 17 heavy (non-hydrogen) atoms. The Morgan fingerprint density at radius 1 is 1.35 bits per heavy atom. The first-order chi connectivity index (χ1) is 7.73. The summed E-state index contributed by atoms with van der Waals surface area (Å²) in [4.78, 5) is 34.3. The summed E-state index contributed by atoms with van der Waals surface area (Å²) in [6, 6.07) is -1.82. The van der Waals surface area contributed by atoms with Gasteiger partial charge < -0.3 is 21.1 Å². The summed E-state index contributed by atoms with van der Waals surface area (Å²) in [6.07, 6.45) is -0.420. The molecule has 0 aromatic rings. The van der Waals surface area contributed by atoms with Gasteiger partial charge in [-0.05, 0) is 5.92 Å².